The average molecular weight is 485 g/mol. The van der Waals surface area contributed by atoms with Crippen molar-refractivity contribution in [1.82, 2.24) is 0 Å². The zero-order valence-corrected chi connectivity index (χ0v) is 21.0. The van der Waals surface area contributed by atoms with Gasteiger partial charge in [0.05, 0.1) is 31.7 Å². The summed E-state index contributed by atoms with van der Waals surface area (Å²) >= 11 is 0. The number of nitrogens with zero attached hydrogens (tertiary/aromatic N) is 2. The van der Waals surface area contributed by atoms with Crippen molar-refractivity contribution in [1.29, 1.82) is 0 Å². The fourth-order valence-corrected chi connectivity index (χ4v) is 5.11. The molecule has 0 fully saturated rings. The van der Waals surface area contributed by atoms with E-state index in [1.807, 2.05) is 12.1 Å². The molecule has 0 saturated carbocycles. The third kappa shape index (κ3) is 4.43. The fourth-order valence-electron chi connectivity index (χ4n) is 5.11. The standard InChI is InChI=1S/C33H28N2O2/c1-36-29-18-17-24-19-26(16-15-25(24)20-29)32-21-27(34-35(32)28-11-4-3-5-12-28)22-33(37-2)31-14-8-10-23-9-6-7-13-30(23)31/h3-20,22,32H,21H2,1-2H3. The second-order valence-corrected chi connectivity index (χ2v) is 9.20. The zero-order valence-electron chi connectivity index (χ0n) is 21.0. The lowest BCUT2D eigenvalue weighted by atomic mass is 9.97. The summed E-state index contributed by atoms with van der Waals surface area (Å²) in [7, 11) is 3.43. The Morgan fingerprint density at radius 1 is 0.784 bits per heavy atom. The van der Waals surface area contributed by atoms with Crippen molar-refractivity contribution >= 4 is 38.7 Å². The Hall–Kier alpha value is -4.57. The summed E-state index contributed by atoms with van der Waals surface area (Å²) in [6.45, 7) is 0. The van der Waals surface area contributed by atoms with Gasteiger partial charge in [0.2, 0.25) is 0 Å². The highest BCUT2D eigenvalue weighted by Crippen LogP contribution is 2.38. The molecule has 0 spiro atoms. The number of anilines is 1. The Kier molecular flexibility index (Phi) is 6.07. The van der Waals surface area contributed by atoms with E-state index in [0.29, 0.717) is 0 Å². The summed E-state index contributed by atoms with van der Waals surface area (Å²) in [5, 5.41) is 11.9. The van der Waals surface area contributed by atoms with E-state index in [1.165, 1.54) is 16.3 Å². The van der Waals surface area contributed by atoms with Gasteiger partial charge in [-0.05, 0) is 57.4 Å². The first-order chi connectivity index (χ1) is 18.2. The number of allylic oxidation sites excluding steroid dienone is 1. The molecule has 4 heteroatoms. The van der Waals surface area contributed by atoms with Gasteiger partial charge in [-0.15, -0.1) is 0 Å². The number of hydrogen-bond acceptors (Lipinski definition) is 4. The molecule has 5 aromatic rings. The van der Waals surface area contributed by atoms with Gasteiger partial charge in [0.15, 0.2) is 0 Å². The molecule has 1 aliphatic rings. The molecule has 4 nitrogen and oxygen atoms in total. The summed E-state index contributed by atoms with van der Waals surface area (Å²) in [4.78, 5) is 0. The van der Waals surface area contributed by atoms with Crippen LogP contribution in [0.4, 0.5) is 5.69 Å². The number of hydrogen-bond donors (Lipinski definition) is 0. The summed E-state index contributed by atoms with van der Waals surface area (Å²) in [6.07, 6.45) is 2.86. The average Bonchev–Trinajstić information content (AvgIpc) is 3.39. The molecule has 0 N–H and O–H groups in total. The smallest absolute Gasteiger partial charge is 0.128 e. The predicted molar refractivity (Wildman–Crippen MR) is 153 cm³/mol. The molecule has 37 heavy (non-hydrogen) atoms. The molecule has 0 aromatic heterocycles. The molecule has 1 unspecified atom stereocenters. The van der Waals surface area contributed by atoms with Crippen LogP contribution in [0.1, 0.15) is 23.6 Å². The van der Waals surface area contributed by atoms with Crippen molar-refractivity contribution in [3.63, 3.8) is 0 Å². The number of fused-ring (bicyclic) bond motifs is 2. The van der Waals surface area contributed by atoms with E-state index < -0.39 is 0 Å². The lowest BCUT2D eigenvalue weighted by molar-refractivity contribution is 0.371. The van der Waals surface area contributed by atoms with Crippen LogP contribution in [0.25, 0.3) is 27.3 Å². The van der Waals surface area contributed by atoms with Crippen molar-refractivity contribution in [2.75, 3.05) is 19.2 Å². The van der Waals surface area contributed by atoms with Gasteiger partial charge in [-0.3, -0.25) is 5.01 Å². The topological polar surface area (TPSA) is 34.1 Å². The second kappa shape index (κ2) is 9.82. The van der Waals surface area contributed by atoms with E-state index in [0.717, 1.165) is 45.7 Å². The Bertz CT molecular complexity index is 1630. The molecule has 0 aliphatic carbocycles. The molecular weight excluding hydrogens is 456 g/mol. The van der Waals surface area contributed by atoms with E-state index in [9.17, 15) is 0 Å². The van der Waals surface area contributed by atoms with Gasteiger partial charge >= 0.3 is 0 Å². The minimum absolute atomic E-state index is 0.0748. The maximum atomic E-state index is 5.92. The van der Waals surface area contributed by atoms with E-state index in [-0.39, 0.29) is 6.04 Å². The Morgan fingerprint density at radius 2 is 1.54 bits per heavy atom. The van der Waals surface area contributed by atoms with E-state index in [4.69, 9.17) is 14.6 Å². The summed E-state index contributed by atoms with van der Waals surface area (Å²) in [5.41, 5.74) is 4.33. The van der Waals surface area contributed by atoms with Crippen molar-refractivity contribution in [2.24, 2.45) is 5.10 Å². The molecular formula is C33H28N2O2. The monoisotopic (exact) mass is 484 g/mol. The molecule has 5 aromatic carbocycles. The number of para-hydroxylation sites is 1. The molecule has 0 saturated heterocycles. The molecule has 0 bridgehead atoms. The molecule has 182 valence electrons. The second-order valence-electron chi connectivity index (χ2n) is 9.20. The van der Waals surface area contributed by atoms with Gasteiger partial charge in [0.1, 0.15) is 11.5 Å². The SMILES string of the molecule is COC(=CC1=NN(c2ccccc2)C(c2ccc3cc(OC)ccc3c2)C1)c1cccc2ccccc12. The Morgan fingerprint density at radius 3 is 2.38 bits per heavy atom. The normalized spacial score (nSPS) is 15.7. The number of rotatable bonds is 6. The van der Waals surface area contributed by atoms with Crippen LogP contribution in [0, 0.1) is 0 Å². The highest BCUT2D eigenvalue weighted by molar-refractivity contribution is 6.05. The highest BCUT2D eigenvalue weighted by Gasteiger charge is 2.29. The first-order valence-corrected chi connectivity index (χ1v) is 12.5. The first kappa shape index (κ1) is 22.9. The molecule has 1 aliphatic heterocycles. The van der Waals surface area contributed by atoms with Gasteiger partial charge in [-0.25, -0.2) is 0 Å². The highest BCUT2D eigenvalue weighted by atomic mass is 16.5. The summed E-state index contributed by atoms with van der Waals surface area (Å²) in [6, 6.07) is 38.0. The number of benzene rings is 5. The van der Waals surface area contributed by atoms with Gasteiger partial charge in [-0.1, -0.05) is 78.9 Å². The van der Waals surface area contributed by atoms with Crippen molar-refractivity contribution in [2.45, 2.75) is 12.5 Å². The van der Waals surface area contributed by atoms with Crippen LogP contribution in [0.3, 0.4) is 0 Å². The van der Waals surface area contributed by atoms with Crippen molar-refractivity contribution < 1.29 is 9.47 Å². The van der Waals surface area contributed by atoms with Crippen LogP contribution in [0.2, 0.25) is 0 Å². The lowest BCUT2D eigenvalue weighted by Gasteiger charge is -2.24. The predicted octanol–water partition coefficient (Wildman–Crippen LogP) is 8.00. The Balaban J connectivity index is 1.41. The van der Waals surface area contributed by atoms with Gasteiger partial charge < -0.3 is 9.47 Å². The van der Waals surface area contributed by atoms with Gasteiger partial charge in [-0.2, -0.15) is 5.10 Å². The number of ether oxygens (including phenoxy) is 2. The van der Waals surface area contributed by atoms with Crippen LogP contribution in [0.5, 0.6) is 5.75 Å². The van der Waals surface area contributed by atoms with E-state index in [1.54, 1.807) is 14.2 Å². The minimum Gasteiger partial charge on any atom is -0.497 e. The third-order valence-electron chi connectivity index (χ3n) is 6.98. The van der Waals surface area contributed by atoms with Crippen LogP contribution < -0.4 is 9.75 Å². The maximum Gasteiger partial charge on any atom is 0.128 e. The quantitative estimate of drug-likeness (QED) is 0.229. The van der Waals surface area contributed by atoms with Crippen LogP contribution in [-0.2, 0) is 4.74 Å². The van der Waals surface area contributed by atoms with Gasteiger partial charge in [0, 0.05) is 18.1 Å². The number of hydrazone groups is 1. The zero-order chi connectivity index (χ0) is 25.2. The van der Waals surface area contributed by atoms with Gasteiger partial charge in [0.25, 0.3) is 0 Å². The largest absolute Gasteiger partial charge is 0.497 e. The van der Waals surface area contributed by atoms with E-state index in [2.05, 4.69) is 108 Å². The van der Waals surface area contributed by atoms with Crippen LogP contribution in [-0.4, -0.2) is 19.9 Å². The molecule has 1 atom stereocenters. The third-order valence-corrected chi connectivity index (χ3v) is 6.98. The van der Waals surface area contributed by atoms with Crippen LogP contribution in [0.15, 0.2) is 120 Å². The maximum absolute atomic E-state index is 5.92. The molecule has 6 rings (SSSR count). The number of methoxy groups -OCH3 is 2. The van der Waals surface area contributed by atoms with Crippen LogP contribution >= 0.6 is 0 Å². The molecule has 0 radical (unpaired) electrons. The van der Waals surface area contributed by atoms with Crippen molar-refractivity contribution in [3.05, 3.63) is 126 Å². The van der Waals surface area contributed by atoms with Crippen molar-refractivity contribution in [3.8, 4) is 5.75 Å². The fraction of sp³-hybridized carbons (Fsp3) is 0.121. The summed E-state index contributed by atoms with van der Waals surface area (Å²) in [5.74, 6) is 1.68. The Labute approximate surface area is 217 Å². The first-order valence-electron chi connectivity index (χ1n) is 12.5. The molecule has 1 heterocycles. The minimum atomic E-state index is 0.0748. The van der Waals surface area contributed by atoms with E-state index >= 15 is 0 Å². The summed E-state index contributed by atoms with van der Waals surface area (Å²) < 4.78 is 11.3. The lowest BCUT2D eigenvalue weighted by Crippen LogP contribution is -2.18. The molecule has 0 amide bonds.